The van der Waals surface area contributed by atoms with Gasteiger partial charge in [-0.15, -0.1) is 6.58 Å². The zero-order valence-corrected chi connectivity index (χ0v) is 29.5. The summed E-state index contributed by atoms with van der Waals surface area (Å²) in [7, 11) is -4.17. The number of halogens is 1. The number of carbonyl (C=O) groups excluding carboxylic acids is 4. The molecule has 0 spiro atoms. The first-order chi connectivity index (χ1) is 21.7. The van der Waals surface area contributed by atoms with Crippen molar-refractivity contribution >= 4 is 61.7 Å². The van der Waals surface area contributed by atoms with Crippen LogP contribution in [-0.4, -0.2) is 83.6 Å². The first-order valence-electron chi connectivity index (χ1n) is 15.6. The Morgan fingerprint density at radius 3 is 2.39 bits per heavy atom. The van der Waals surface area contributed by atoms with Crippen LogP contribution in [0.5, 0.6) is 0 Å². The van der Waals surface area contributed by atoms with Crippen molar-refractivity contribution in [2.45, 2.75) is 99.6 Å². The molecule has 3 N–H and O–H groups in total. The maximum Gasteiger partial charge on any atom is 0.408 e. The highest BCUT2D eigenvalue weighted by Crippen LogP contribution is 2.46. The van der Waals surface area contributed by atoms with Crippen molar-refractivity contribution in [1.82, 2.24) is 24.6 Å². The van der Waals surface area contributed by atoms with Crippen molar-refractivity contribution in [3.63, 3.8) is 0 Å². The number of nitrogens with zero attached hydrogens (tertiary/aromatic N) is 2. The van der Waals surface area contributed by atoms with E-state index in [1.807, 2.05) is 0 Å². The van der Waals surface area contributed by atoms with Crippen molar-refractivity contribution in [2.75, 3.05) is 13.2 Å². The lowest BCUT2D eigenvalue weighted by atomic mass is 9.85. The molecule has 3 aliphatic carbocycles. The Hall–Kier alpha value is -2.62. The van der Waals surface area contributed by atoms with Crippen molar-refractivity contribution < 1.29 is 32.3 Å². The molecule has 0 radical (unpaired) electrons. The molecule has 0 aromatic heterocycles. The normalized spacial score (nSPS) is 25.9. The summed E-state index contributed by atoms with van der Waals surface area (Å²) in [6.45, 7) is 8.32. The lowest BCUT2D eigenvalue weighted by Crippen LogP contribution is -2.60. The van der Waals surface area contributed by atoms with E-state index in [1.165, 1.54) is 22.9 Å². The second-order valence-electron chi connectivity index (χ2n) is 13.5. The molecule has 5 rings (SSSR count). The highest BCUT2D eigenvalue weighted by atomic mass is 79.9. The SMILES string of the molecule is C=C[C@@H]1C[C@]1(NC(=O)[C@@H]1CN(S(=O)(=O)c2ccccc2Br)CN1C(=O)[C@@H](NC(=O)OC1CCCC1)C(C)(C)C)C(=O)NSC1CC1. The number of nitrogens with one attached hydrogen (secondary N) is 3. The molecule has 4 atom stereocenters. The minimum atomic E-state index is -4.17. The predicted molar refractivity (Wildman–Crippen MR) is 177 cm³/mol. The number of benzene rings is 1. The zero-order chi connectivity index (χ0) is 33.4. The van der Waals surface area contributed by atoms with Crippen LogP contribution >= 0.6 is 27.9 Å². The van der Waals surface area contributed by atoms with Gasteiger partial charge < -0.3 is 20.3 Å². The number of sulfonamides is 1. The summed E-state index contributed by atoms with van der Waals surface area (Å²) in [5.41, 5.74) is -2.08. The number of hydrogen-bond acceptors (Lipinski definition) is 8. The van der Waals surface area contributed by atoms with Gasteiger partial charge in [-0.05, 0) is 90.4 Å². The van der Waals surface area contributed by atoms with E-state index in [0.29, 0.717) is 16.1 Å². The standard InChI is InChI=1S/C31H42BrN5O7S2/c1-5-19-16-31(19,28(40)35-45-21-14-15-21)34-26(38)23-17-36(46(42,43)24-13-9-8-12-22(24)32)18-37(23)27(39)25(30(2,3)4)33-29(41)44-20-10-6-7-11-20/h5,8-9,12-13,19-21,23,25H,1,6-7,10-11,14-18H2,2-4H3,(H,33,41)(H,34,38)(H,35,40)/t19-,23+,25-,31-/m1/s1. The van der Waals surface area contributed by atoms with Crippen LogP contribution < -0.4 is 15.4 Å². The van der Waals surface area contributed by atoms with E-state index >= 15 is 0 Å². The molecule has 12 nitrogen and oxygen atoms in total. The second kappa shape index (κ2) is 13.5. The van der Waals surface area contributed by atoms with E-state index in [0.717, 1.165) is 42.8 Å². The van der Waals surface area contributed by atoms with Gasteiger partial charge >= 0.3 is 6.09 Å². The molecule has 46 heavy (non-hydrogen) atoms. The summed E-state index contributed by atoms with van der Waals surface area (Å²) in [5.74, 6) is -1.99. The topological polar surface area (TPSA) is 154 Å². The highest BCUT2D eigenvalue weighted by molar-refractivity contribution is 9.10. The number of hydrogen-bond donors (Lipinski definition) is 3. The van der Waals surface area contributed by atoms with Crippen molar-refractivity contribution in [3.8, 4) is 0 Å². The molecule has 4 amide bonds. The molecule has 1 aromatic rings. The Morgan fingerprint density at radius 1 is 1.13 bits per heavy atom. The number of ether oxygens (including phenoxy) is 1. The van der Waals surface area contributed by atoms with E-state index in [9.17, 15) is 27.6 Å². The van der Waals surface area contributed by atoms with Gasteiger partial charge in [-0.1, -0.05) is 39.0 Å². The van der Waals surface area contributed by atoms with Crippen molar-refractivity contribution in [3.05, 3.63) is 41.4 Å². The summed E-state index contributed by atoms with van der Waals surface area (Å²) < 4.78 is 37.5. The number of amides is 4. The molecule has 0 unspecified atom stereocenters. The predicted octanol–water partition coefficient (Wildman–Crippen LogP) is 3.68. The van der Waals surface area contributed by atoms with E-state index in [2.05, 4.69) is 37.9 Å². The molecule has 0 bridgehead atoms. The van der Waals surface area contributed by atoms with E-state index in [1.54, 1.807) is 45.0 Å². The molecule has 1 saturated heterocycles. The van der Waals surface area contributed by atoms with Gasteiger partial charge in [0, 0.05) is 22.2 Å². The third-order valence-electron chi connectivity index (χ3n) is 8.95. The maximum atomic E-state index is 14.3. The Bertz CT molecular complexity index is 1490. The third kappa shape index (κ3) is 7.42. The van der Waals surface area contributed by atoms with Crippen LogP contribution in [0.2, 0.25) is 0 Å². The van der Waals surface area contributed by atoms with E-state index in [4.69, 9.17) is 4.74 Å². The minimum absolute atomic E-state index is 0.0176. The van der Waals surface area contributed by atoms with Crippen molar-refractivity contribution in [1.29, 1.82) is 0 Å². The van der Waals surface area contributed by atoms with Crippen LogP contribution in [0, 0.1) is 11.3 Å². The van der Waals surface area contributed by atoms with Crippen LogP contribution in [-0.2, 0) is 29.1 Å². The van der Waals surface area contributed by atoms with Crippen LogP contribution in [0.25, 0.3) is 0 Å². The highest BCUT2D eigenvalue weighted by Gasteiger charge is 2.61. The summed E-state index contributed by atoms with van der Waals surface area (Å²) in [6.07, 6.45) is 6.39. The van der Waals surface area contributed by atoms with Crippen LogP contribution in [0.3, 0.4) is 0 Å². The van der Waals surface area contributed by atoms with Gasteiger partial charge in [-0.25, -0.2) is 13.2 Å². The lowest BCUT2D eigenvalue weighted by Gasteiger charge is -2.35. The first kappa shape index (κ1) is 34.7. The Balaban J connectivity index is 1.42. The largest absolute Gasteiger partial charge is 0.446 e. The average Bonchev–Trinajstić information content (AvgIpc) is 3.84. The second-order valence-corrected chi connectivity index (χ2v) is 17.4. The van der Waals surface area contributed by atoms with Gasteiger partial charge in [0.15, 0.2) is 0 Å². The molecule has 252 valence electrons. The molecule has 3 saturated carbocycles. The average molecular weight is 741 g/mol. The van der Waals surface area contributed by atoms with Crippen molar-refractivity contribution in [2.24, 2.45) is 11.3 Å². The van der Waals surface area contributed by atoms with Crippen LogP contribution in [0.15, 0.2) is 46.3 Å². The molecule has 1 aliphatic heterocycles. The summed E-state index contributed by atoms with van der Waals surface area (Å²) in [5, 5.41) is 5.91. The van der Waals surface area contributed by atoms with Gasteiger partial charge in [0.05, 0.1) is 11.6 Å². The first-order valence-corrected chi connectivity index (χ1v) is 18.7. The van der Waals surface area contributed by atoms with Crippen LogP contribution in [0.4, 0.5) is 4.79 Å². The number of carbonyl (C=O) groups is 4. The lowest BCUT2D eigenvalue weighted by molar-refractivity contribution is -0.142. The van der Waals surface area contributed by atoms with Gasteiger partial charge in [0.1, 0.15) is 23.7 Å². The Kier molecular flexibility index (Phi) is 10.2. The summed E-state index contributed by atoms with van der Waals surface area (Å²) >= 11 is 4.63. The zero-order valence-electron chi connectivity index (χ0n) is 26.3. The van der Waals surface area contributed by atoms with Gasteiger partial charge in [-0.2, -0.15) is 4.31 Å². The fourth-order valence-electron chi connectivity index (χ4n) is 5.91. The molecular weight excluding hydrogens is 698 g/mol. The summed E-state index contributed by atoms with van der Waals surface area (Å²) in [4.78, 5) is 55.8. The van der Waals surface area contributed by atoms with E-state index in [-0.39, 0.29) is 29.4 Å². The third-order valence-corrected chi connectivity index (χ3v) is 12.9. The molecule has 1 aromatic carbocycles. The number of alkyl carbamates (subject to hydrolysis) is 1. The fraction of sp³-hybridized carbons (Fsp3) is 0.613. The fourth-order valence-corrected chi connectivity index (χ4v) is 9.09. The van der Waals surface area contributed by atoms with Crippen LogP contribution in [0.1, 0.15) is 65.7 Å². The maximum absolute atomic E-state index is 14.3. The Morgan fingerprint density at radius 2 is 1.80 bits per heavy atom. The molecule has 1 heterocycles. The Labute approximate surface area is 283 Å². The molecule has 4 fully saturated rings. The molecule has 4 aliphatic rings. The quantitative estimate of drug-likeness (QED) is 0.230. The molecule has 15 heteroatoms. The smallest absolute Gasteiger partial charge is 0.408 e. The van der Waals surface area contributed by atoms with Gasteiger partial charge in [-0.3, -0.25) is 19.1 Å². The molecular formula is C31H42BrN5O7S2. The van der Waals surface area contributed by atoms with Gasteiger partial charge in [0.25, 0.3) is 5.91 Å². The van der Waals surface area contributed by atoms with Gasteiger partial charge in [0.2, 0.25) is 21.8 Å². The number of rotatable bonds is 11. The van der Waals surface area contributed by atoms with E-state index < -0.39 is 57.6 Å². The summed E-state index contributed by atoms with van der Waals surface area (Å²) in [6, 6.07) is 3.87. The monoisotopic (exact) mass is 739 g/mol. The minimum Gasteiger partial charge on any atom is -0.446 e.